The van der Waals surface area contributed by atoms with Crippen LogP contribution in [0.1, 0.15) is 18.1 Å². The highest BCUT2D eigenvalue weighted by Crippen LogP contribution is 2.17. The molecule has 0 amide bonds. The van der Waals surface area contributed by atoms with E-state index in [-0.39, 0.29) is 24.0 Å². The second-order valence-electron chi connectivity index (χ2n) is 6.03. The van der Waals surface area contributed by atoms with Gasteiger partial charge in [0.2, 0.25) is 10.0 Å². The molecule has 3 N–H and O–H groups in total. The van der Waals surface area contributed by atoms with Crippen molar-refractivity contribution in [1.82, 2.24) is 10.6 Å². The largest absolute Gasteiger partial charge is 0.357 e. The van der Waals surface area contributed by atoms with Gasteiger partial charge in [-0.05, 0) is 42.7 Å². The van der Waals surface area contributed by atoms with Crippen LogP contribution in [0.3, 0.4) is 0 Å². The van der Waals surface area contributed by atoms with Crippen molar-refractivity contribution in [3.8, 4) is 0 Å². The Bertz CT molecular complexity index is 874. The highest BCUT2D eigenvalue weighted by atomic mass is 127. The fourth-order valence-electron chi connectivity index (χ4n) is 2.44. The first-order valence-corrected chi connectivity index (χ1v) is 11.0. The van der Waals surface area contributed by atoms with Gasteiger partial charge in [0.15, 0.2) is 5.96 Å². The Balaban J connectivity index is 0.00000392. The second-order valence-corrected chi connectivity index (χ2v) is 8.21. The van der Waals surface area contributed by atoms with E-state index in [1.807, 2.05) is 43.3 Å². The molecule has 28 heavy (non-hydrogen) atoms. The molecule has 0 radical (unpaired) electrons. The normalized spacial score (nSPS) is 11.5. The molecule has 0 bridgehead atoms. The molecular weight excluding hydrogens is 511 g/mol. The maximum Gasteiger partial charge on any atom is 0.229 e. The van der Waals surface area contributed by atoms with Crippen LogP contribution in [0.4, 0.5) is 5.69 Å². The van der Waals surface area contributed by atoms with Crippen LogP contribution in [0, 0.1) is 0 Å². The van der Waals surface area contributed by atoms with Gasteiger partial charge in [0.05, 0.1) is 18.5 Å². The van der Waals surface area contributed by atoms with E-state index in [1.54, 1.807) is 12.1 Å². The third-order valence-corrected chi connectivity index (χ3v) is 4.53. The summed E-state index contributed by atoms with van der Waals surface area (Å²) in [5.41, 5.74) is 2.53. The second kappa shape index (κ2) is 12.1. The SMILES string of the molecule is CCNC(=NCc1ccccc1NS(C)(=O)=O)NCCc1ccc(Cl)cc1.I. The van der Waals surface area contributed by atoms with Gasteiger partial charge in [0.25, 0.3) is 0 Å². The molecule has 2 aromatic rings. The Morgan fingerprint density at radius 2 is 1.75 bits per heavy atom. The molecule has 9 heteroatoms. The molecule has 6 nitrogen and oxygen atoms in total. The van der Waals surface area contributed by atoms with E-state index >= 15 is 0 Å². The number of guanidine groups is 1. The lowest BCUT2D eigenvalue weighted by molar-refractivity contribution is 0.606. The van der Waals surface area contributed by atoms with Gasteiger partial charge in [0, 0.05) is 18.1 Å². The first-order valence-electron chi connectivity index (χ1n) is 8.69. The van der Waals surface area contributed by atoms with Gasteiger partial charge in [-0.3, -0.25) is 4.72 Å². The Hall–Kier alpha value is -1.52. The van der Waals surface area contributed by atoms with Gasteiger partial charge in [-0.15, -0.1) is 24.0 Å². The van der Waals surface area contributed by atoms with E-state index in [0.717, 1.165) is 36.4 Å². The summed E-state index contributed by atoms with van der Waals surface area (Å²) in [6, 6.07) is 15.0. The van der Waals surface area contributed by atoms with E-state index < -0.39 is 10.0 Å². The quantitative estimate of drug-likeness (QED) is 0.273. The molecule has 0 aromatic heterocycles. The highest BCUT2D eigenvalue weighted by Gasteiger charge is 2.07. The molecule has 0 aliphatic carbocycles. The topological polar surface area (TPSA) is 82.6 Å². The fraction of sp³-hybridized carbons (Fsp3) is 0.316. The average Bonchev–Trinajstić information content (AvgIpc) is 2.61. The van der Waals surface area contributed by atoms with Crippen molar-refractivity contribution in [1.29, 1.82) is 0 Å². The number of hydrogen-bond acceptors (Lipinski definition) is 3. The first kappa shape index (κ1) is 24.5. The molecule has 0 aliphatic heterocycles. The minimum Gasteiger partial charge on any atom is -0.357 e. The number of rotatable bonds is 8. The number of halogens is 2. The minimum atomic E-state index is -3.34. The summed E-state index contributed by atoms with van der Waals surface area (Å²) >= 11 is 5.90. The number of anilines is 1. The maximum absolute atomic E-state index is 11.5. The van der Waals surface area contributed by atoms with Crippen LogP contribution in [0.25, 0.3) is 0 Å². The Morgan fingerprint density at radius 1 is 1.07 bits per heavy atom. The highest BCUT2D eigenvalue weighted by molar-refractivity contribution is 14.0. The van der Waals surface area contributed by atoms with E-state index in [0.29, 0.717) is 18.2 Å². The van der Waals surface area contributed by atoms with Crippen molar-refractivity contribution in [2.45, 2.75) is 19.9 Å². The molecule has 2 rings (SSSR count). The lowest BCUT2D eigenvalue weighted by Gasteiger charge is -2.13. The van der Waals surface area contributed by atoms with Gasteiger partial charge >= 0.3 is 0 Å². The Labute approximate surface area is 189 Å². The Morgan fingerprint density at radius 3 is 2.39 bits per heavy atom. The van der Waals surface area contributed by atoms with Crippen molar-refractivity contribution in [3.63, 3.8) is 0 Å². The molecule has 0 unspecified atom stereocenters. The zero-order chi connectivity index (χ0) is 19.7. The molecule has 0 saturated carbocycles. The monoisotopic (exact) mass is 536 g/mol. The van der Waals surface area contributed by atoms with E-state index in [1.165, 1.54) is 5.56 Å². The van der Waals surface area contributed by atoms with Crippen LogP contribution in [-0.4, -0.2) is 33.7 Å². The number of sulfonamides is 1. The van der Waals surface area contributed by atoms with E-state index in [2.05, 4.69) is 20.3 Å². The van der Waals surface area contributed by atoms with Crippen LogP contribution in [0.5, 0.6) is 0 Å². The number of nitrogens with one attached hydrogen (secondary N) is 3. The molecule has 0 aliphatic rings. The summed E-state index contributed by atoms with van der Waals surface area (Å²) in [5, 5.41) is 7.21. The van der Waals surface area contributed by atoms with Crippen molar-refractivity contribution < 1.29 is 8.42 Å². The molecule has 154 valence electrons. The number of aliphatic imine (C=N–C) groups is 1. The van der Waals surface area contributed by atoms with Crippen molar-refractivity contribution >= 4 is 57.2 Å². The smallest absolute Gasteiger partial charge is 0.229 e. The van der Waals surface area contributed by atoms with Gasteiger partial charge in [0.1, 0.15) is 0 Å². The summed E-state index contributed by atoms with van der Waals surface area (Å²) in [5.74, 6) is 0.681. The third kappa shape index (κ3) is 9.11. The maximum atomic E-state index is 11.5. The summed E-state index contributed by atoms with van der Waals surface area (Å²) in [6.07, 6.45) is 1.98. The van der Waals surface area contributed by atoms with Gasteiger partial charge in [-0.1, -0.05) is 41.9 Å². The van der Waals surface area contributed by atoms with Gasteiger partial charge in [-0.2, -0.15) is 0 Å². The summed E-state index contributed by atoms with van der Waals surface area (Å²) < 4.78 is 25.5. The van der Waals surface area contributed by atoms with Crippen molar-refractivity contribution in [2.24, 2.45) is 4.99 Å². The molecule has 0 atom stereocenters. The predicted molar refractivity (Wildman–Crippen MR) is 128 cm³/mol. The van der Waals surface area contributed by atoms with Crippen LogP contribution in [0.2, 0.25) is 5.02 Å². The van der Waals surface area contributed by atoms with Crippen LogP contribution >= 0.6 is 35.6 Å². The molecule has 0 spiro atoms. The zero-order valence-corrected chi connectivity index (χ0v) is 19.8. The minimum absolute atomic E-state index is 0. The van der Waals surface area contributed by atoms with Crippen LogP contribution in [0.15, 0.2) is 53.5 Å². The lowest BCUT2D eigenvalue weighted by Crippen LogP contribution is -2.38. The first-order chi connectivity index (χ1) is 12.9. The summed E-state index contributed by atoms with van der Waals surface area (Å²) in [6.45, 7) is 3.80. The molecule has 0 heterocycles. The van der Waals surface area contributed by atoms with E-state index in [9.17, 15) is 8.42 Å². The van der Waals surface area contributed by atoms with Crippen LogP contribution in [-0.2, 0) is 23.0 Å². The molecule has 0 fully saturated rings. The lowest BCUT2D eigenvalue weighted by atomic mass is 10.1. The number of para-hydroxylation sites is 1. The molecule has 2 aromatic carbocycles. The van der Waals surface area contributed by atoms with E-state index in [4.69, 9.17) is 11.6 Å². The molecule has 0 saturated heterocycles. The van der Waals surface area contributed by atoms with Crippen molar-refractivity contribution in [2.75, 3.05) is 24.1 Å². The zero-order valence-electron chi connectivity index (χ0n) is 15.9. The molecular formula is C19H26ClIN4O2S. The summed E-state index contributed by atoms with van der Waals surface area (Å²) in [7, 11) is -3.34. The van der Waals surface area contributed by atoms with Gasteiger partial charge in [-0.25, -0.2) is 13.4 Å². The number of nitrogens with zero attached hydrogens (tertiary/aromatic N) is 1. The fourth-order valence-corrected chi connectivity index (χ4v) is 3.16. The van der Waals surface area contributed by atoms with Crippen LogP contribution < -0.4 is 15.4 Å². The van der Waals surface area contributed by atoms with Crippen molar-refractivity contribution in [3.05, 3.63) is 64.7 Å². The number of benzene rings is 2. The summed E-state index contributed by atoms with van der Waals surface area (Å²) in [4.78, 5) is 4.56. The third-order valence-electron chi connectivity index (χ3n) is 3.68. The number of hydrogen-bond donors (Lipinski definition) is 3. The predicted octanol–water partition coefficient (Wildman–Crippen LogP) is 3.63. The standard InChI is InChI=1S/C19H25ClN4O2S.HI/c1-3-21-19(22-13-12-15-8-10-17(20)11-9-15)23-14-16-6-4-5-7-18(16)24-27(2,25)26;/h4-11,24H,3,12-14H2,1-2H3,(H2,21,22,23);1H. The Kier molecular flexibility index (Phi) is 10.6. The average molecular weight is 537 g/mol. The van der Waals surface area contributed by atoms with Gasteiger partial charge < -0.3 is 10.6 Å².